The first kappa shape index (κ1) is 18.2. The lowest BCUT2D eigenvalue weighted by atomic mass is 9.97. The van der Waals surface area contributed by atoms with Gasteiger partial charge in [0.15, 0.2) is 0 Å². The number of carbonyl (C=O) groups excluding carboxylic acids is 1. The number of piperidine rings is 1. The third kappa shape index (κ3) is 3.63. The van der Waals surface area contributed by atoms with Gasteiger partial charge >= 0.3 is 0 Å². The number of hydrogen-bond donors (Lipinski definition) is 0. The summed E-state index contributed by atoms with van der Waals surface area (Å²) in [5.41, 5.74) is 2.69. The highest BCUT2D eigenvalue weighted by molar-refractivity contribution is 5.97. The molecule has 4 rings (SSSR count). The number of methoxy groups -OCH3 is 1. The van der Waals surface area contributed by atoms with Gasteiger partial charge in [0, 0.05) is 18.7 Å². The minimum absolute atomic E-state index is 0.0274. The molecule has 0 radical (unpaired) electrons. The number of likely N-dealkylation sites (tertiary alicyclic amines) is 1. The summed E-state index contributed by atoms with van der Waals surface area (Å²) >= 11 is 0. The van der Waals surface area contributed by atoms with Crippen molar-refractivity contribution in [3.8, 4) is 17.1 Å². The molecule has 28 heavy (non-hydrogen) atoms. The van der Waals surface area contributed by atoms with Crippen LogP contribution in [0.4, 0.5) is 0 Å². The lowest BCUT2D eigenvalue weighted by Crippen LogP contribution is -2.39. The number of nitrogens with zero attached hydrogens (tertiary/aromatic N) is 3. The van der Waals surface area contributed by atoms with E-state index in [0.717, 1.165) is 18.4 Å². The van der Waals surface area contributed by atoms with Crippen LogP contribution in [0.5, 0.6) is 5.75 Å². The SMILES string of the molecule is COc1ccccc1C(=O)N1CCC[C@H](c2nc(-c3ccc(C)cc3)no2)C1. The van der Waals surface area contributed by atoms with Gasteiger partial charge in [0.05, 0.1) is 18.6 Å². The molecule has 1 amide bonds. The maximum absolute atomic E-state index is 13.0. The average Bonchev–Trinajstić information content (AvgIpc) is 3.24. The minimum atomic E-state index is -0.0274. The first-order valence-electron chi connectivity index (χ1n) is 9.48. The fraction of sp³-hybridized carbons (Fsp3) is 0.318. The normalized spacial score (nSPS) is 16.8. The molecule has 1 atom stereocenters. The van der Waals surface area contributed by atoms with E-state index in [2.05, 4.69) is 10.1 Å². The number of carbonyl (C=O) groups is 1. The molecule has 2 aromatic carbocycles. The second-order valence-electron chi connectivity index (χ2n) is 7.11. The Labute approximate surface area is 164 Å². The van der Waals surface area contributed by atoms with Crippen molar-refractivity contribution in [2.75, 3.05) is 20.2 Å². The number of amides is 1. The number of hydrogen-bond acceptors (Lipinski definition) is 5. The van der Waals surface area contributed by atoms with E-state index in [9.17, 15) is 4.79 Å². The quantitative estimate of drug-likeness (QED) is 0.685. The second kappa shape index (κ2) is 7.84. The summed E-state index contributed by atoms with van der Waals surface area (Å²) in [5, 5.41) is 4.14. The fourth-order valence-electron chi connectivity index (χ4n) is 3.58. The van der Waals surface area contributed by atoms with Crippen LogP contribution >= 0.6 is 0 Å². The number of aryl methyl sites for hydroxylation is 1. The molecule has 0 spiro atoms. The Kier molecular flexibility index (Phi) is 5.10. The zero-order valence-electron chi connectivity index (χ0n) is 16.1. The van der Waals surface area contributed by atoms with Gasteiger partial charge in [-0.1, -0.05) is 47.1 Å². The summed E-state index contributed by atoms with van der Waals surface area (Å²) in [6, 6.07) is 15.3. The van der Waals surface area contributed by atoms with Crippen LogP contribution in [0.2, 0.25) is 0 Å². The topological polar surface area (TPSA) is 68.5 Å². The van der Waals surface area contributed by atoms with Crippen LogP contribution in [0.1, 0.15) is 40.6 Å². The Morgan fingerprint density at radius 3 is 2.75 bits per heavy atom. The number of rotatable bonds is 4. The molecule has 2 heterocycles. The standard InChI is InChI=1S/C22H23N3O3/c1-15-9-11-16(12-10-15)20-23-21(28-24-20)17-6-5-13-25(14-17)22(26)18-7-3-4-8-19(18)27-2/h3-4,7-12,17H,5-6,13-14H2,1-2H3/t17-/m0/s1. The molecule has 0 aliphatic carbocycles. The summed E-state index contributed by atoms with van der Waals surface area (Å²) < 4.78 is 10.9. The predicted molar refractivity (Wildman–Crippen MR) is 105 cm³/mol. The lowest BCUT2D eigenvalue weighted by molar-refractivity contribution is 0.0692. The maximum atomic E-state index is 13.0. The van der Waals surface area contributed by atoms with E-state index < -0.39 is 0 Å². The van der Waals surface area contributed by atoms with E-state index in [1.807, 2.05) is 48.2 Å². The van der Waals surface area contributed by atoms with Crippen molar-refractivity contribution in [1.82, 2.24) is 15.0 Å². The van der Waals surface area contributed by atoms with Crippen LogP contribution in [0.15, 0.2) is 53.1 Å². The zero-order valence-corrected chi connectivity index (χ0v) is 16.1. The second-order valence-corrected chi connectivity index (χ2v) is 7.11. The average molecular weight is 377 g/mol. The Morgan fingerprint density at radius 2 is 1.96 bits per heavy atom. The molecule has 6 nitrogen and oxygen atoms in total. The van der Waals surface area contributed by atoms with Gasteiger partial charge in [-0.25, -0.2) is 0 Å². The maximum Gasteiger partial charge on any atom is 0.257 e. The van der Waals surface area contributed by atoms with Crippen molar-refractivity contribution < 1.29 is 14.1 Å². The summed E-state index contributed by atoms with van der Waals surface area (Å²) in [6.45, 7) is 3.32. The third-order valence-electron chi connectivity index (χ3n) is 5.15. The highest BCUT2D eigenvalue weighted by atomic mass is 16.5. The number of para-hydroxylation sites is 1. The van der Waals surface area contributed by atoms with E-state index in [4.69, 9.17) is 9.26 Å². The van der Waals surface area contributed by atoms with Crippen LogP contribution in [0.25, 0.3) is 11.4 Å². The lowest BCUT2D eigenvalue weighted by Gasteiger charge is -2.31. The van der Waals surface area contributed by atoms with Crippen LogP contribution in [0, 0.1) is 6.92 Å². The molecule has 0 bridgehead atoms. The molecule has 0 unspecified atom stereocenters. The Morgan fingerprint density at radius 1 is 1.18 bits per heavy atom. The summed E-state index contributed by atoms with van der Waals surface area (Å²) in [5.74, 6) is 1.78. The smallest absolute Gasteiger partial charge is 0.257 e. The molecule has 0 N–H and O–H groups in total. The van der Waals surface area contributed by atoms with Gasteiger partial charge in [0.1, 0.15) is 5.75 Å². The van der Waals surface area contributed by atoms with E-state index in [1.165, 1.54) is 5.56 Å². The molecule has 1 aliphatic rings. The molecule has 1 fully saturated rings. The van der Waals surface area contributed by atoms with Crippen LogP contribution < -0.4 is 4.74 Å². The van der Waals surface area contributed by atoms with E-state index in [-0.39, 0.29) is 11.8 Å². The summed E-state index contributed by atoms with van der Waals surface area (Å²) in [7, 11) is 1.58. The zero-order chi connectivity index (χ0) is 19.5. The molecule has 3 aromatic rings. The Hall–Kier alpha value is -3.15. The van der Waals surface area contributed by atoms with Gasteiger partial charge in [-0.15, -0.1) is 0 Å². The van der Waals surface area contributed by atoms with Gasteiger partial charge in [0.25, 0.3) is 5.91 Å². The van der Waals surface area contributed by atoms with Crippen molar-refractivity contribution in [3.05, 3.63) is 65.5 Å². The van der Waals surface area contributed by atoms with Crippen molar-refractivity contribution >= 4 is 5.91 Å². The number of benzene rings is 2. The summed E-state index contributed by atoms with van der Waals surface area (Å²) in [4.78, 5) is 19.4. The molecular weight excluding hydrogens is 354 g/mol. The molecule has 1 saturated heterocycles. The number of ether oxygens (including phenoxy) is 1. The highest BCUT2D eigenvalue weighted by Gasteiger charge is 2.30. The summed E-state index contributed by atoms with van der Waals surface area (Å²) in [6.07, 6.45) is 1.82. The van der Waals surface area contributed by atoms with Crippen molar-refractivity contribution in [2.24, 2.45) is 0 Å². The van der Waals surface area contributed by atoms with Crippen LogP contribution in [-0.4, -0.2) is 41.1 Å². The molecular formula is C22H23N3O3. The molecule has 0 saturated carbocycles. The molecule has 1 aliphatic heterocycles. The molecule has 144 valence electrons. The van der Waals surface area contributed by atoms with E-state index >= 15 is 0 Å². The van der Waals surface area contributed by atoms with Crippen LogP contribution in [0.3, 0.4) is 0 Å². The first-order chi connectivity index (χ1) is 13.7. The van der Waals surface area contributed by atoms with E-state index in [1.54, 1.807) is 19.2 Å². The van der Waals surface area contributed by atoms with Gasteiger partial charge in [-0.3, -0.25) is 4.79 Å². The van der Waals surface area contributed by atoms with Crippen molar-refractivity contribution in [2.45, 2.75) is 25.7 Å². The van der Waals surface area contributed by atoms with Gasteiger partial charge in [0.2, 0.25) is 11.7 Å². The molecule has 1 aromatic heterocycles. The first-order valence-corrected chi connectivity index (χ1v) is 9.48. The Bertz CT molecular complexity index is 965. The van der Waals surface area contributed by atoms with E-state index in [0.29, 0.717) is 36.1 Å². The van der Waals surface area contributed by atoms with Gasteiger partial charge in [-0.05, 0) is 31.9 Å². The fourth-order valence-corrected chi connectivity index (χ4v) is 3.58. The van der Waals surface area contributed by atoms with Crippen molar-refractivity contribution in [1.29, 1.82) is 0 Å². The number of aromatic nitrogens is 2. The largest absolute Gasteiger partial charge is 0.496 e. The monoisotopic (exact) mass is 377 g/mol. The Balaban J connectivity index is 1.51. The van der Waals surface area contributed by atoms with Crippen molar-refractivity contribution in [3.63, 3.8) is 0 Å². The predicted octanol–water partition coefficient (Wildman–Crippen LogP) is 4.07. The third-order valence-corrected chi connectivity index (χ3v) is 5.15. The minimum Gasteiger partial charge on any atom is -0.496 e. The van der Waals surface area contributed by atoms with Gasteiger partial charge < -0.3 is 14.2 Å². The highest BCUT2D eigenvalue weighted by Crippen LogP contribution is 2.29. The van der Waals surface area contributed by atoms with Crippen LogP contribution in [-0.2, 0) is 0 Å². The molecule has 6 heteroatoms. The van der Waals surface area contributed by atoms with Gasteiger partial charge in [-0.2, -0.15) is 4.98 Å².